The number of nitrogens with one attached hydrogen (secondary N) is 1. The zero-order chi connectivity index (χ0) is 23.8. The lowest BCUT2D eigenvalue weighted by Crippen LogP contribution is -2.24. The van der Waals surface area contributed by atoms with Crippen LogP contribution >= 0.6 is 11.6 Å². The van der Waals surface area contributed by atoms with Crippen molar-refractivity contribution in [1.82, 2.24) is 0 Å². The van der Waals surface area contributed by atoms with Gasteiger partial charge in [0.2, 0.25) is 5.78 Å². The number of amides is 1. The predicted molar refractivity (Wildman–Crippen MR) is 124 cm³/mol. The molecule has 3 rings (SSSR count). The molecule has 170 valence electrons. The number of hydrogen-bond acceptors (Lipinski definition) is 6. The Kier molecular flexibility index (Phi) is 8.05. The number of carbonyl (C=O) groups is 3. The van der Waals surface area contributed by atoms with Crippen LogP contribution in [0.1, 0.15) is 27.6 Å². The van der Waals surface area contributed by atoms with Crippen LogP contribution in [0.15, 0.2) is 72.8 Å². The lowest BCUT2D eigenvalue weighted by atomic mass is 10.1. The zero-order valence-electron chi connectivity index (χ0n) is 18.0. The van der Waals surface area contributed by atoms with Gasteiger partial charge < -0.3 is 19.5 Å². The predicted octanol–water partition coefficient (Wildman–Crippen LogP) is 4.79. The third-order valence-corrected chi connectivity index (χ3v) is 4.81. The number of ketones is 1. The standard InChI is InChI=1S/C25H22ClNO6/c1-16(24(29)18-5-3-6-19(26)13-18)33-25(30)17-9-11-21(12-10-17)32-15-23(28)27-20-7-4-8-22(14-20)31-2/h3-14,16H,15H2,1-2H3,(H,27,28). The summed E-state index contributed by atoms with van der Waals surface area (Å²) >= 11 is 5.91. The molecule has 0 aliphatic heterocycles. The first-order chi connectivity index (χ1) is 15.9. The van der Waals surface area contributed by atoms with E-state index in [4.69, 9.17) is 25.8 Å². The molecule has 1 N–H and O–H groups in total. The summed E-state index contributed by atoms with van der Waals surface area (Å²) in [6, 6.07) is 19.5. The first kappa shape index (κ1) is 23.8. The molecule has 0 aliphatic rings. The van der Waals surface area contributed by atoms with Crippen LogP contribution in [0.3, 0.4) is 0 Å². The number of carbonyl (C=O) groups excluding carboxylic acids is 3. The Balaban J connectivity index is 1.51. The fourth-order valence-electron chi connectivity index (χ4n) is 2.89. The second-order valence-corrected chi connectivity index (χ2v) is 7.45. The van der Waals surface area contributed by atoms with Crippen molar-refractivity contribution in [2.75, 3.05) is 19.0 Å². The second-order valence-electron chi connectivity index (χ2n) is 7.02. The number of Topliss-reactive ketones (excluding diaryl/α,β-unsaturated/α-hetero) is 1. The number of esters is 1. The molecule has 1 atom stereocenters. The molecule has 0 radical (unpaired) electrons. The van der Waals surface area contributed by atoms with Crippen molar-refractivity contribution < 1.29 is 28.6 Å². The van der Waals surface area contributed by atoms with E-state index in [9.17, 15) is 14.4 Å². The highest BCUT2D eigenvalue weighted by atomic mass is 35.5. The van der Waals surface area contributed by atoms with Crippen molar-refractivity contribution in [2.45, 2.75) is 13.0 Å². The van der Waals surface area contributed by atoms with Gasteiger partial charge in [0.05, 0.1) is 12.7 Å². The average Bonchev–Trinajstić information content (AvgIpc) is 2.82. The number of anilines is 1. The lowest BCUT2D eigenvalue weighted by molar-refractivity contribution is -0.118. The number of rotatable bonds is 9. The summed E-state index contributed by atoms with van der Waals surface area (Å²) in [5.74, 6) is -0.330. The molecular weight excluding hydrogens is 446 g/mol. The lowest BCUT2D eigenvalue weighted by Gasteiger charge is -2.13. The van der Waals surface area contributed by atoms with E-state index >= 15 is 0 Å². The van der Waals surface area contributed by atoms with Crippen LogP contribution in [0.4, 0.5) is 5.69 Å². The molecule has 33 heavy (non-hydrogen) atoms. The van der Waals surface area contributed by atoms with E-state index in [1.807, 2.05) is 0 Å². The highest BCUT2D eigenvalue weighted by Gasteiger charge is 2.20. The summed E-state index contributed by atoms with van der Waals surface area (Å²) in [6.07, 6.45) is -0.979. The molecule has 0 heterocycles. The Morgan fingerprint density at radius 2 is 1.64 bits per heavy atom. The quantitative estimate of drug-likeness (QED) is 0.359. The van der Waals surface area contributed by atoms with E-state index in [1.165, 1.54) is 25.1 Å². The van der Waals surface area contributed by atoms with Gasteiger partial charge in [0, 0.05) is 22.3 Å². The van der Waals surface area contributed by atoms with E-state index in [0.717, 1.165) is 0 Å². The summed E-state index contributed by atoms with van der Waals surface area (Å²) in [4.78, 5) is 36.9. The molecule has 0 saturated heterocycles. The van der Waals surface area contributed by atoms with E-state index in [1.54, 1.807) is 61.7 Å². The molecular formula is C25H22ClNO6. The van der Waals surface area contributed by atoms with Crippen molar-refractivity contribution in [1.29, 1.82) is 0 Å². The molecule has 0 aromatic heterocycles. The summed E-state index contributed by atoms with van der Waals surface area (Å²) in [7, 11) is 1.54. The van der Waals surface area contributed by atoms with Crippen LogP contribution in [-0.2, 0) is 9.53 Å². The van der Waals surface area contributed by atoms with Gasteiger partial charge >= 0.3 is 5.97 Å². The maximum absolute atomic E-state index is 12.4. The Labute approximate surface area is 196 Å². The minimum absolute atomic E-state index is 0.216. The van der Waals surface area contributed by atoms with E-state index < -0.39 is 12.1 Å². The number of ether oxygens (including phenoxy) is 3. The van der Waals surface area contributed by atoms with Gasteiger partial charge in [0.1, 0.15) is 11.5 Å². The van der Waals surface area contributed by atoms with E-state index in [-0.39, 0.29) is 23.9 Å². The van der Waals surface area contributed by atoms with Crippen molar-refractivity contribution >= 4 is 34.9 Å². The summed E-state index contributed by atoms with van der Waals surface area (Å²) < 4.78 is 15.8. The van der Waals surface area contributed by atoms with Gasteiger partial charge in [-0.25, -0.2) is 4.79 Å². The third kappa shape index (κ3) is 6.82. The minimum Gasteiger partial charge on any atom is -0.497 e. The molecule has 8 heteroatoms. The Bertz CT molecular complexity index is 1150. The van der Waals surface area contributed by atoms with Gasteiger partial charge in [-0.3, -0.25) is 9.59 Å². The maximum Gasteiger partial charge on any atom is 0.338 e. The fraction of sp³-hybridized carbons (Fsp3) is 0.160. The number of halogens is 1. The zero-order valence-corrected chi connectivity index (χ0v) is 18.8. The van der Waals surface area contributed by atoms with Crippen LogP contribution < -0.4 is 14.8 Å². The number of hydrogen-bond donors (Lipinski definition) is 1. The summed E-state index contributed by atoms with van der Waals surface area (Å²) in [5.41, 5.74) is 1.19. The highest BCUT2D eigenvalue weighted by molar-refractivity contribution is 6.31. The molecule has 0 fully saturated rings. The van der Waals surface area contributed by atoms with E-state index in [2.05, 4.69) is 5.32 Å². The molecule has 7 nitrogen and oxygen atoms in total. The third-order valence-electron chi connectivity index (χ3n) is 4.58. The van der Waals surface area contributed by atoms with Gasteiger partial charge in [-0.15, -0.1) is 0 Å². The van der Waals surface area contributed by atoms with Crippen LogP contribution in [-0.4, -0.2) is 37.5 Å². The van der Waals surface area contributed by atoms with Gasteiger partial charge in [0.15, 0.2) is 12.7 Å². The molecule has 0 spiro atoms. The Morgan fingerprint density at radius 3 is 2.33 bits per heavy atom. The first-order valence-corrected chi connectivity index (χ1v) is 10.4. The second kappa shape index (κ2) is 11.2. The van der Waals surface area contributed by atoms with Gasteiger partial charge in [0.25, 0.3) is 5.91 Å². The van der Waals surface area contributed by atoms with Gasteiger partial charge in [-0.1, -0.05) is 29.8 Å². The molecule has 0 aliphatic carbocycles. The number of methoxy groups -OCH3 is 1. The van der Waals surface area contributed by atoms with Gasteiger partial charge in [-0.05, 0) is 55.5 Å². The first-order valence-electron chi connectivity index (χ1n) is 10.0. The topological polar surface area (TPSA) is 90.9 Å². The van der Waals surface area contributed by atoms with Crippen molar-refractivity contribution in [3.8, 4) is 11.5 Å². The minimum atomic E-state index is -0.979. The normalized spacial score (nSPS) is 11.2. The van der Waals surface area contributed by atoms with Crippen LogP contribution in [0, 0.1) is 0 Å². The average molecular weight is 468 g/mol. The van der Waals surface area contributed by atoms with Crippen LogP contribution in [0.5, 0.6) is 11.5 Å². The van der Waals surface area contributed by atoms with Crippen molar-refractivity contribution in [3.63, 3.8) is 0 Å². The van der Waals surface area contributed by atoms with Crippen LogP contribution in [0.2, 0.25) is 5.02 Å². The van der Waals surface area contributed by atoms with Crippen molar-refractivity contribution in [2.24, 2.45) is 0 Å². The van der Waals surface area contributed by atoms with Crippen molar-refractivity contribution in [3.05, 3.63) is 88.9 Å². The SMILES string of the molecule is COc1cccc(NC(=O)COc2ccc(C(=O)OC(C)C(=O)c3cccc(Cl)c3)cc2)c1. The highest BCUT2D eigenvalue weighted by Crippen LogP contribution is 2.18. The Morgan fingerprint density at radius 1 is 0.909 bits per heavy atom. The molecule has 1 amide bonds. The summed E-state index contributed by atoms with van der Waals surface area (Å²) in [5, 5.41) is 3.13. The fourth-order valence-corrected chi connectivity index (χ4v) is 3.08. The molecule has 0 saturated carbocycles. The molecule has 3 aromatic carbocycles. The monoisotopic (exact) mass is 467 g/mol. The summed E-state index contributed by atoms with van der Waals surface area (Å²) in [6.45, 7) is 1.28. The number of benzene rings is 3. The van der Waals surface area contributed by atoms with Crippen LogP contribution in [0.25, 0.3) is 0 Å². The molecule has 3 aromatic rings. The molecule has 1 unspecified atom stereocenters. The Hall–Kier alpha value is -3.84. The van der Waals surface area contributed by atoms with Gasteiger partial charge in [-0.2, -0.15) is 0 Å². The smallest absolute Gasteiger partial charge is 0.338 e. The maximum atomic E-state index is 12.4. The molecule has 0 bridgehead atoms. The van der Waals surface area contributed by atoms with E-state index in [0.29, 0.717) is 27.8 Å². The largest absolute Gasteiger partial charge is 0.497 e.